The van der Waals surface area contributed by atoms with Crippen molar-refractivity contribution in [3.63, 3.8) is 0 Å². The molecule has 1 aromatic carbocycles. The lowest BCUT2D eigenvalue weighted by molar-refractivity contribution is 0.0214. The Balaban J connectivity index is 2.01. The summed E-state index contributed by atoms with van der Waals surface area (Å²) in [6.45, 7) is 1.51. The molecule has 8 nitrogen and oxygen atoms in total. The van der Waals surface area contributed by atoms with Crippen molar-refractivity contribution in [1.29, 1.82) is 0 Å². The highest BCUT2D eigenvalue weighted by Crippen LogP contribution is 2.33. The van der Waals surface area contributed by atoms with E-state index in [-0.39, 0.29) is 33.1 Å². The molecule has 1 fully saturated rings. The highest BCUT2D eigenvalue weighted by molar-refractivity contribution is 7.92. The zero-order valence-corrected chi connectivity index (χ0v) is 16.6. The lowest BCUT2D eigenvalue weighted by Gasteiger charge is -2.30. The average Bonchev–Trinajstić information content (AvgIpc) is 2.87. The van der Waals surface area contributed by atoms with Crippen LogP contribution in [0, 0.1) is 6.92 Å². The highest BCUT2D eigenvalue weighted by atomic mass is 35.5. The molecular weight excluding hydrogens is 425 g/mol. The SMILES string of the molecule is Cc1[nH]c(C(OC2CS(=O)(=O)C2)c2ccc(Cl)c(Cl)c2)nc1S(N)(=O)=O. The molecule has 12 heteroatoms. The van der Waals surface area contributed by atoms with Crippen LogP contribution >= 0.6 is 23.2 Å². The van der Waals surface area contributed by atoms with Crippen LogP contribution in [0.3, 0.4) is 0 Å². The molecule has 2 heterocycles. The van der Waals surface area contributed by atoms with E-state index in [0.717, 1.165) is 0 Å². The van der Waals surface area contributed by atoms with Crippen LogP contribution in [0.15, 0.2) is 23.2 Å². The van der Waals surface area contributed by atoms with Gasteiger partial charge in [-0.1, -0.05) is 29.3 Å². The van der Waals surface area contributed by atoms with E-state index in [0.29, 0.717) is 10.6 Å². The van der Waals surface area contributed by atoms with Crippen LogP contribution in [0.2, 0.25) is 10.0 Å². The van der Waals surface area contributed by atoms with Gasteiger partial charge in [0.25, 0.3) is 10.0 Å². The molecule has 0 saturated carbocycles. The average molecular weight is 440 g/mol. The molecule has 26 heavy (non-hydrogen) atoms. The summed E-state index contributed by atoms with van der Waals surface area (Å²) in [6.07, 6.45) is -1.40. The third kappa shape index (κ3) is 4.05. The first-order chi connectivity index (χ1) is 12.0. The third-order valence-electron chi connectivity index (χ3n) is 3.83. The Labute approximate surface area is 160 Å². The Morgan fingerprint density at radius 3 is 2.46 bits per heavy atom. The summed E-state index contributed by atoms with van der Waals surface area (Å²) in [4.78, 5) is 6.88. The first-order valence-electron chi connectivity index (χ1n) is 7.36. The van der Waals surface area contributed by atoms with E-state index >= 15 is 0 Å². The molecule has 0 aliphatic carbocycles. The fourth-order valence-corrected chi connectivity index (χ4v) is 4.84. The van der Waals surface area contributed by atoms with E-state index in [2.05, 4.69) is 9.97 Å². The first kappa shape index (κ1) is 19.6. The number of halogens is 2. The summed E-state index contributed by atoms with van der Waals surface area (Å²) in [5, 5.41) is 5.46. The number of nitrogens with one attached hydrogen (secondary N) is 1. The zero-order chi connectivity index (χ0) is 19.3. The molecule has 142 valence electrons. The summed E-state index contributed by atoms with van der Waals surface area (Å²) in [7, 11) is -7.12. The maximum absolute atomic E-state index is 11.6. The van der Waals surface area contributed by atoms with Crippen LogP contribution in [-0.4, -0.2) is 44.4 Å². The second kappa shape index (κ2) is 6.77. The van der Waals surface area contributed by atoms with Gasteiger partial charge < -0.3 is 9.72 Å². The molecule has 0 radical (unpaired) electrons. The van der Waals surface area contributed by atoms with Gasteiger partial charge in [0.2, 0.25) is 0 Å². The largest absolute Gasteiger partial charge is 0.360 e. The standard InChI is InChI=1S/C14H15Cl2N3O5S2/c1-7-14(26(17,22)23)19-13(18-7)12(24-9-5-25(20,21)6-9)8-2-3-10(15)11(16)4-8/h2-4,9,12H,5-6H2,1H3,(H,18,19)(H2,17,22,23). The Kier molecular flexibility index (Phi) is 5.10. The number of H-pyrrole nitrogens is 1. The molecule has 3 N–H and O–H groups in total. The number of hydrogen-bond acceptors (Lipinski definition) is 6. The smallest absolute Gasteiger partial charge is 0.257 e. The maximum Gasteiger partial charge on any atom is 0.257 e. The second-order valence-electron chi connectivity index (χ2n) is 5.99. The maximum atomic E-state index is 11.6. The minimum atomic E-state index is -4.02. The van der Waals surface area contributed by atoms with E-state index < -0.39 is 32.1 Å². The molecule has 2 aromatic rings. The van der Waals surface area contributed by atoms with Crippen molar-refractivity contribution in [3.05, 3.63) is 45.3 Å². The number of imidazole rings is 1. The quantitative estimate of drug-likeness (QED) is 0.726. The number of sulfone groups is 1. The normalized spacial score (nSPS) is 18.5. The van der Waals surface area contributed by atoms with Crippen molar-refractivity contribution in [2.45, 2.75) is 24.2 Å². The predicted molar refractivity (Wildman–Crippen MR) is 96.5 cm³/mol. The molecule has 1 atom stereocenters. The minimum Gasteiger partial charge on any atom is -0.360 e. The van der Waals surface area contributed by atoms with Gasteiger partial charge in [-0.2, -0.15) is 0 Å². The van der Waals surface area contributed by atoms with E-state index in [4.69, 9.17) is 33.1 Å². The molecule has 1 unspecified atom stereocenters. The van der Waals surface area contributed by atoms with Crippen LogP contribution in [0.4, 0.5) is 0 Å². The number of primary sulfonamides is 1. The molecular formula is C14H15Cl2N3O5S2. The first-order valence-corrected chi connectivity index (χ1v) is 11.5. The van der Waals surface area contributed by atoms with Gasteiger partial charge in [-0.3, -0.25) is 0 Å². The fraction of sp³-hybridized carbons (Fsp3) is 0.357. The van der Waals surface area contributed by atoms with Crippen LogP contribution in [0.1, 0.15) is 23.2 Å². The number of aryl methyl sites for hydroxylation is 1. The molecule has 1 aliphatic heterocycles. The Morgan fingerprint density at radius 1 is 1.31 bits per heavy atom. The third-order valence-corrected chi connectivity index (χ3v) is 7.27. The van der Waals surface area contributed by atoms with Crippen molar-refractivity contribution in [2.24, 2.45) is 5.14 Å². The number of nitrogens with two attached hydrogens (primary N) is 1. The Hall–Kier alpha value is -1.17. The number of hydrogen-bond donors (Lipinski definition) is 2. The molecule has 1 aromatic heterocycles. The summed E-state index contributed by atoms with van der Waals surface area (Å²) in [5.41, 5.74) is 0.788. The number of aromatic nitrogens is 2. The predicted octanol–water partition coefficient (Wildman–Crippen LogP) is 1.58. The summed E-state index contributed by atoms with van der Waals surface area (Å²) >= 11 is 12.0. The van der Waals surface area contributed by atoms with Gasteiger partial charge in [0.15, 0.2) is 14.9 Å². The van der Waals surface area contributed by atoms with Gasteiger partial charge in [0.05, 0.1) is 33.3 Å². The van der Waals surface area contributed by atoms with Gasteiger partial charge in [0.1, 0.15) is 11.9 Å². The van der Waals surface area contributed by atoms with Crippen LogP contribution in [0.5, 0.6) is 0 Å². The fourth-order valence-electron chi connectivity index (χ4n) is 2.63. The minimum absolute atomic E-state index is 0.118. The number of ether oxygens (including phenoxy) is 1. The molecule has 1 aliphatic rings. The molecule has 0 amide bonds. The van der Waals surface area contributed by atoms with Gasteiger partial charge in [0, 0.05) is 0 Å². The number of benzene rings is 1. The number of rotatable bonds is 5. The van der Waals surface area contributed by atoms with Gasteiger partial charge in [-0.25, -0.2) is 27.0 Å². The number of aromatic amines is 1. The van der Waals surface area contributed by atoms with Crippen molar-refractivity contribution in [3.8, 4) is 0 Å². The van der Waals surface area contributed by atoms with Crippen LogP contribution < -0.4 is 5.14 Å². The zero-order valence-electron chi connectivity index (χ0n) is 13.4. The van der Waals surface area contributed by atoms with Gasteiger partial charge in [-0.05, 0) is 24.6 Å². The van der Waals surface area contributed by atoms with Crippen molar-refractivity contribution in [2.75, 3.05) is 11.5 Å². The highest BCUT2D eigenvalue weighted by Gasteiger charge is 2.37. The lowest BCUT2D eigenvalue weighted by atomic mass is 10.1. The second-order valence-corrected chi connectivity index (χ2v) is 10.4. The molecule has 0 spiro atoms. The van der Waals surface area contributed by atoms with E-state index in [1.807, 2.05) is 0 Å². The van der Waals surface area contributed by atoms with E-state index in [9.17, 15) is 16.8 Å². The summed E-state index contributed by atoms with van der Waals surface area (Å²) in [5.74, 6) is -0.0618. The monoisotopic (exact) mass is 439 g/mol. The van der Waals surface area contributed by atoms with Gasteiger partial charge >= 0.3 is 0 Å². The topological polar surface area (TPSA) is 132 Å². The van der Waals surface area contributed by atoms with E-state index in [1.54, 1.807) is 18.2 Å². The van der Waals surface area contributed by atoms with Crippen molar-refractivity contribution in [1.82, 2.24) is 9.97 Å². The van der Waals surface area contributed by atoms with Crippen LogP contribution in [0.25, 0.3) is 0 Å². The Morgan fingerprint density at radius 2 is 1.96 bits per heavy atom. The number of sulfonamides is 1. The van der Waals surface area contributed by atoms with Crippen molar-refractivity contribution >= 4 is 43.1 Å². The van der Waals surface area contributed by atoms with E-state index in [1.165, 1.54) is 6.92 Å². The number of nitrogens with zero attached hydrogens (tertiary/aromatic N) is 1. The molecule has 0 bridgehead atoms. The Bertz CT molecular complexity index is 1050. The summed E-state index contributed by atoms with van der Waals surface area (Å²) < 4.78 is 51.9. The van der Waals surface area contributed by atoms with Gasteiger partial charge in [-0.15, -0.1) is 0 Å². The lowest BCUT2D eigenvalue weighted by Crippen LogP contribution is -2.44. The summed E-state index contributed by atoms with van der Waals surface area (Å²) in [6, 6.07) is 4.75. The molecule has 1 saturated heterocycles. The van der Waals surface area contributed by atoms with Crippen molar-refractivity contribution < 1.29 is 21.6 Å². The van der Waals surface area contributed by atoms with Crippen LogP contribution in [-0.2, 0) is 24.6 Å². The molecule has 3 rings (SSSR count).